The molecule has 0 saturated heterocycles. The van der Waals surface area contributed by atoms with Crippen LogP contribution in [0.2, 0.25) is 0 Å². The molecular weight excluding hydrogens is 260 g/mol. The fourth-order valence-electron chi connectivity index (χ4n) is 2.07. The molecule has 0 bridgehead atoms. The third-order valence-electron chi connectivity index (χ3n) is 3.40. The lowest BCUT2D eigenvalue weighted by atomic mass is 9.87. The Bertz CT molecular complexity index is 583. The zero-order valence-electron chi connectivity index (χ0n) is 12.9. The van der Waals surface area contributed by atoms with Crippen molar-refractivity contribution in [2.45, 2.75) is 39.2 Å². The van der Waals surface area contributed by atoms with Crippen LogP contribution in [0.3, 0.4) is 0 Å². The van der Waals surface area contributed by atoms with E-state index in [0.717, 1.165) is 11.1 Å². The highest BCUT2D eigenvalue weighted by Gasteiger charge is 2.12. The third-order valence-corrected chi connectivity index (χ3v) is 3.40. The van der Waals surface area contributed by atoms with Crippen molar-refractivity contribution < 1.29 is 4.79 Å². The first kappa shape index (κ1) is 15.2. The average Bonchev–Trinajstić information content (AvgIpc) is 2.46. The normalized spacial score (nSPS) is 11.2. The van der Waals surface area contributed by atoms with E-state index in [1.807, 2.05) is 12.1 Å². The van der Waals surface area contributed by atoms with Crippen molar-refractivity contribution in [2.24, 2.45) is 0 Å². The summed E-state index contributed by atoms with van der Waals surface area (Å²) in [6.45, 7) is 7.14. The molecule has 3 nitrogen and oxygen atoms in total. The molecule has 110 valence electrons. The van der Waals surface area contributed by atoms with Gasteiger partial charge in [0.1, 0.15) is 0 Å². The van der Waals surface area contributed by atoms with Crippen LogP contribution < -0.4 is 5.32 Å². The van der Waals surface area contributed by atoms with Gasteiger partial charge in [-0.05, 0) is 28.2 Å². The summed E-state index contributed by atoms with van der Waals surface area (Å²) in [7, 11) is 0. The fourth-order valence-corrected chi connectivity index (χ4v) is 2.07. The molecule has 0 radical (unpaired) electrons. The molecule has 0 spiro atoms. The minimum Gasteiger partial charge on any atom is -0.352 e. The molecule has 0 atom stereocenters. The van der Waals surface area contributed by atoms with Crippen LogP contribution in [-0.4, -0.2) is 10.9 Å². The topological polar surface area (TPSA) is 42.0 Å². The molecule has 1 aromatic carbocycles. The van der Waals surface area contributed by atoms with Gasteiger partial charge in [0.2, 0.25) is 5.91 Å². The predicted octanol–water partition coefficient (Wildman–Crippen LogP) is 3.24. The summed E-state index contributed by atoms with van der Waals surface area (Å²) in [6, 6.07) is 12.2. The van der Waals surface area contributed by atoms with Gasteiger partial charge in [-0.25, -0.2) is 0 Å². The summed E-state index contributed by atoms with van der Waals surface area (Å²) >= 11 is 0. The largest absolute Gasteiger partial charge is 0.352 e. The van der Waals surface area contributed by atoms with Crippen LogP contribution in [0.25, 0.3) is 0 Å². The van der Waals surface area contributed by atoms with E-state index < -0.39 is 0 Å². The molecule has 3 heteroatoms. The molecule has 0 aliphatic rings. The van der Waals surface area contributed by atoms with Gasteiger partial charge in [0.25, 0.3) is 0 Å². The Morgan fingerprint density at radius 3 is 2.38 bits per heavy atom. The number of hydrogen-bond donors (Lipinski definition) is 1. The Morgan fingerprint density at radius 1 is 1.10 bits per heavy atom. The Labute approximate surface area is 126 Å². The van der Waals surface area contributed by atoms with Crippen molar-refractivity contribution in [3.8, 4) is 0 Å². The maximum Gasteiger partial charge on any atom is 0.224 e. The van der Waals surface area contributed by atoms with Gasteiger partial charge >= 0.3 is 0 Å². The molecule has 0 aliphatic carbocycles. The lowest BCUT2D eigenvalue weighted by Gasteiger charge is -2.19. The molecule has 0 fully saturated rings. The molecule has 1 N–H and O–H groups in total. The smallest absolute Gasteiger partial charge is 0.224 e. The van der Waals surface area contributed by atoms with Crippen molar-refractivity contribution in [1.82, 2.24) is 10.3 Å². The highest BCUT2D eigenvalue weighted by molar-refractivity contribution is 5.78. The molecule has 1 amide bonds. The Kier molecular flexibility index (Phi) is 4.73. The standard InChI is InChI=1S/C18H22N2O/c1-18(2,3)16-8-6-14(7-9-16)13-20-17(21)11-15-5-4-10-19-12-15/h4-10,12H,11,13H2,1-3H3,(H,20,21). The monoisotopic (exact) mass is 282 g/mol. The number of nitrogens with zero attached hydrogens (tertiary/aromatic N) is 1. The summed E-state index contributed by atoms with van der Waals surface area (Å²) in [6.07, 6.45) is 3.80. The first-order valence-corrected chi connectivity index (χ1v) is 7.20. The second kappa shape index (κ2) is 6.53. The van der Waals surface area contributed by atoms with Gasteiger partial charge in [-0.2, -0.15) is 0 Å². The Balaban J connectivity index is 1.87. The Morgan fingerprint density at radius 2 is 1.81 bits per heavy atom. The van der Waals surface area contributed by atoms with Crippen LogP contribution >= 0.6 is 0 Å². The average molecular weight is 282 g/mol. The van der Waals surface area contributed by atoms with Crippen molar-refractivity contribution in [2.75, 3.05) is 0 Å². The van der Waals surface area contributed by atoms with E-state index >= 15 is 0 Å². The Hall–Kier alpha value is -2.16. The summed E-state index contributed by atoms with van der Waals surface area (Å²) in [5.74, 6) is 0.0166. The van der Waals surface area contributed by atoms with Crippen molar-refractivity contribution in [1.29, 1.82) is 0 Å². The minimum atomic E-state index is 0.0166. The quantitative estimate of drug-likeness (QED) is 0.935. The number of rotatable bonds is 4. The van der Waals surface area contributed by atoms with Crippen LogP contribution in [0.1, 0.15) is 37.5 Å². The molecule has 2 rings (SSSR count). The third kappa shape index (κ3) is 4.71. The summed E-state index contributed by atoms with van der Waals surface area (Å²) in [4.78, 5) is 15.9. The van der Waals surface area contributed by atoms with E-state index in [1.165, 1.54) is 5.56 Å². The summed E-state index contributed by atoms with van der Waals surface area (Å²) < 4.78 is 0. The maximum atomic E-state index is 11.9. The second-order valence-electron chi connectivity index (χ2n) is 6.26. The van der Waals surface area contributed by atoms with Gasteiger partial charge in [0.05, 0.1) is 6.42 Å². The SMILES string of the molecule is CC(C)(C)c1ccc(CNC(=O)Cc2cccnc2)cc1. The lowest BCUT2D eigenvalue weighted by molar-refractivity contribution is -0.120. The number of pyridine rings is 1. The zero-order chi connectivity index (χ0) is 15.3. The minimum absolute atomic E-state index is 0.0166. The van der Waals surface area contributed by atoms with Crippen LogP contribution in [0, 0.1) is 0 Å². The van der Waals surface area contributed by atoms with Crippen molar-refractivity contribution >= 4 is 5.91 Å². The van der Waals surface area contributed by atoms with Gasteiger partial charge in [-0.1, -0.05) is 51.1 Å². The number of amides is 1. The van der Waals surface area contributed by atoms with E-state index in [2.05, 4.69) is 55.3 Å². The first-order valence-electron chi connectivity index (χ1n) is 7.20. The second-order valence-corrected chi connectivity index (χ2v) is 6.26. The van der Waals surface area contributed by atoms with Crippen LogP contribution in [0.5, 0.6) is 0 Å². The van der Waals surface area contributed by atoms with Gasteiger partial charge in [0, 0.05) is 18.9 Å². The number of carbonyl (C=O) groups excluding carboxylic acids is 1. The maximum absolute atomic E-state index is 11.9. The van der Waals surface area contributed by atoms with E-state index in [0.29, 0.717) is 13.0 Å². The van der Waals surface area contributed by atoms with Crippen LogP contribution in [0.15, 0.2) is 48.8 Å². The van der Waals surface area contributed by atoms with Crippen LogP contribution in [0.4, 0.5) is 0 Å². The molecule has 0 aliphatic heterocycles. The van der Waals surface area contributed by atoms with E-state index in [1.54, 1.807) is 12.4 Å². The fraction of sp³-hybridized carbons (Fsp3) is 0.333. The molecule has 2 aromatic rings. The van der Waals surface area contributed by atoms with Gasteiger partial charge in [0.15, 0.2) is 0 Å². The summed E-state index contributed by atoms with van der Waals surface area (Å²) in [5, 5.41) is 2.94. The molecular formula is C18H22N2O. The number of nitrogens with one attached hydrogen (secondary N) is 1. The van der Waals surface area contributed by atoms with Crippen molar-refractivity contribution in [3.05, 3.63) is 65.5 Å². The van der Waals surface area contributed by atoms with Crippen LogP contribution in [-0.2, 0) is 23.2 Å². The van der Waals surface area contributed by atoms with E-state index in [-0.39, 0.29) is 11.3 Å². The van der Waals surface area contributed by atoms with E-state index in [9.17, 15) is 4.79 Å². The highest BCUT2D eigenvalue weighted by atomic mass is 16.1. The molecule has 0 saturated carbocycles. The number of carbonyl (C=O) groups is 1. The molecule has 1 aromatic heterocycles. The molecule has 1 heterocycles. The molecule has 21 heavy (non-hydrogen) atoms. The number of benzene rings is 1. The lowest BCUT2D eigenvalue weighted by Crippen LogP contribution is -2.24. The molecule has 0 unspecified atom stereocenters. The van der Waals surface area contributed by atoms with Gasteiger partial charge in [-0.3, -0.25) is 9.78 Å². The van der Waals surface area contributed by atoms with Crippen molar-refractivity contribution in [3.63, 3.8) is 0 Å². The van der Waals surface area contributed by atoms with E-state index in [4.69, 9.17) is 0 Å². The number of hydrogen-bond acceptors (Lipinski definition) is 2. The van der Waals surface area contributed by atoms with Gasteiger partial charge < -0.3 is 5.32 Å². The van der Waals surface area contributed by atoms with Gasteiger partial charge in [-0.15, -0.1) is 0 Å². The predicted molar refractivity (Wildman–Crippen MR) is 84.9 cm³/mol. The number of aromatic nitrogens is 1. The highest BCUT2D eigenvalue weighted by Crippen LogP contribution is 2.22. The zero-order valence-corrected chi connectivity index (χ0v) is 12.9. The summed E-state index contributed by atoms with van der Waals surface area (Å²) in [5.41, 5.74) is 3.50. The first-order chi connectivity index (χ1) is 9.95.